The third-order valence-electron chi connectivity index (χ3n) is 3.30. The van der Waals surface area contributed by atoms with Gasteiger partial charge < -0.3 is 14.6 Å². The van der Waals surface area contributed by atoms with Crippen LogP contribution in [-0.4, -0.2) is 24.8 Å². The Kier molecular flexibility index (Phi) is 7.19. The Morgan fingerprint density at radius 1 is 1.11 bits per heavy atom. The van der Waals surface area contributed by atoms with Crippen LogP contribution in [0.2, 0.25) is 0 Å². The van der Waals surface area contributed by atoms with Crippen LogP contribution in [0.15, 0.2) is 61.1 Å². The summed E-state index contributed by atoms with van der Waals surface area (Å²) in [6.45, 7) is 2.06. The first-order valence-corrected chi connectivity index (χ1v) is 7.78. The molecule has 0 N–H and O–H groups in total. The maximum Gasteiger partial charge on any atom is 0.436 e. The Hall–Kier alpha value is -2.84. The summed E-state index contributed by atoms with van der Waals surface area (Å²) < 4.78 is 37.2. The molecule has 0 saturated carbocycles. The van der Waals surface area contributed by atoms with E-state index in [0.717, 1.165) is 15.9 Å². The van der Waals surface area contributed by atoms with Crippen molar-refractivity contribution >= 4 is 0 Å². The van der Waals surface area contributed by atoms with Gasteiger partial charge in [0.15, 0.2) is 5.82 Å². The van der Waals surface area contributed by atoms with Crippen LogP contribution in [-0.2, 0) is 26.3 Å². The van der Waals surface area contributed by atoms with Crippen molar-refractivity contribution in [1.29, 1.82) is 0 Å². The average Bonchev–Trinajstić information content (AvgIpc) is 3.34. The number of aryl methyl sites for hydroxylation is 1. The molecule has 0 unspecified atom stereocenters. The van der Waals surface area contributed by atoms with Crippen LogP contribution in [0.3, 0.4) is 0 Å². The summed E-state index contributed by atoms with van der Waals surface area (Å²) in [4.78, 5) is 7.46. The first-order valence-electron chi connectivity index (χ1n) is 7.78. The Morgan fingerprint density at radius 2 is 1.93 bits per heavy atom. The van der Waals surface area contributed by atoms with Crippen molar-refractivity contribution in [2.24, 2.45) is 0 Å². The minimum absolute atomic E-state index is 0. The number of rotatable bonds is 2. The topological polar surface area (TPSA) is 70.6 Å². The summed E-state index contributed by atoms with van der Waals surface area (Å²) >= 11 is 0. The van der Waals surface area contributed by atoms with Crippen LogP contribution in [0.1, 0.15) is 11.4 Å². The minimum Gasteiger partial charge on any atom is -0.335 e. The summed E-state index contributed by atoms with van der Waals surface area (Å²) in [6.07, 6.45) is 0.0880. The first-order chi connectivity index (χ1) is 12.9. The van der Waals surface area contributed by atoms with Gasteiger partial charge in [-0.25, -0.2) is 10.2 Å². The van der Waals surface area contributed by atoms with Crippen molar-refractivity contribution in [1.82, 2.24) is 29.9 Å². The smallest absolute Gasteiger partial charge is 0.335 e. The normalized spacial score (nSPS) is 10.6. The molecule has 1 radical (unpaired) electrons. The molecule has 3 aromatic heterocycles. The molecule has 0 spiro atoms. The Morgan fingerprint density at radius 3 is 2.50 bits per heavy atom. The fourth-order valence-corrected chi connectivity index (χ4v) is 2.07. The van der Waals surface area contributed by atoms with Crippen LogP contribution in [0.25, 0.3) is 17.2 Å². The Bertz CT molecular complexity index is 984. The van der Waals surface area contributed by atoms with Gasteiger partial charge in [0.2, 0.25) is 0 Å². The third kappa shape index (κ3) is 5.58. The zero-order chi connectivity index (χ0) is 19.3. The van der Waals surface area contributed by atoms with Gasteiger partial charge in [-0.15, -0.1) is 35.9 Å². The van der Waals surface area contributed by atoms with E-state index in [1.54, 1.807) is 6.07 Å². The molecule has 28 heavy (non-hydrogen) atoms. The summed E-state index contributed by atoms with van der Waals surface area (Å²) in [5.74, 6) is -1.45. The molecule has 0 saturated heterocycles. The molecule has 0 bridgehead atoms. The Labute approximate surface area is 172 Å². The minimum atomic E-state index is -4.57. The van der Waals surface area contributed by atoms with Gasteiger partial charge >= 0.3 is 6.18 Å². The summed E-state index contributed by atoms with van der Waals surface area (Å²) in [5, 5.41) is 9.81. The van der Waals surface area contributed by atoms with E-state index >= 15 is 0 Å². The van der Waals surface area contributed by atoms with E-state index in [0.29, 0.717) is 0 Å². The largest absolute Gasteiger partial charge is 0.436 e. The van der Waals surface area contributed by atoms with Crippen molar-refractivity contribution in [2.75, 3.05) is 0 Å². The average molecular weight is 563 g/mol. The van der Waals surface area contributed by atoms with E-state index in [1.807, 2.05) is 36.5 Å². The predicted octanol–water partition coefficient (Wildman–Crippen LogP) is 3.49. The zero-order valence-corrected chi connectivity index (χ0v) is 16.8. The van der Waals surface area contributed by atoms with Gasteiger partial charge in [-0.2, -0.15) is 13.2 Å². The molecular formula is C18H13F3IrN6-2. The van der Waals surface area contributed by atoms with E-state index in [-0.39, 0.29) is 26.1 Å². The molecule has 0 amide bonds. The second-order valence-electron chi connectivity index (χ2n) is 5.38. The molecule has 0 aliphatic rings. The van der Waals surface area contributed by atoms with Crippen molar-refractivity contribution in [2.45, 2.75) is 13.1 Å². The quantitative estimate of drug-likeness (QED) is 0.350. The standard InChI is InChI=1S/C12H10N.C6H3F3N5.Ir/c1-10-7-8-13-12(9-10)11-5-3-2-4-6-11;7-6(8,9)4-11-5(13-12-4)14-3-1-2-10-14;/h2-5,7-9H,1H3;1-3H;/q2*-1;. The van der Waals surface area contributed by atoms with Crippen LogP contribution < -0.4 is 5.10 Å². The van der Waals surface area contributed by atoms with Crippen LogP contribution >= 0.6 is 0 Å². The van der Waals surface area contributed by atoms with Gasteiger partial charge in [0.1, 0.15) is 0 Å². The molecule has 0 aliphatic carbocycles. The fraction of sp³-hybridized carbons (Fsp3) is 0.111. The maximum atomic E-state index is 12.0. The van der Waals surface area contributed by atoms with E-state index in [4.69, 9.17) is 0 Å². The van der Waals surface area contributed by atoms with Crippen LogP contribution in [0.4, 0.5) is 13.2 Å². The molecule has 10 heteroatoms. The number of aromatic nitrogens is 6. The molecule has 6 nitrogen and oxygen atoms in total. The van der Waals surface area contributed by atoms with Crippen molar-refractivity contribution in [3.63, 3.8) is 0 Å². The molecular weight excluding hydrogens is 549 g/mol. The second-order valence-corrected chi connectivity index (χ2v) is 5.38. The molecule has 4 rings (SSSR count). The van der Waals surface area contributed by atoms with Gasteiger partial charge in [-0.05, 0) is 30.9 Å². The number of hydrogen-bond acceptors (Lipinski definition) is 4. The molecule has 1 aromatic carbocycles. The van der Waals surface area contributed by atoms with E-state index < -0.39 is 12.0 Å². The summed E-state index contributed by atoms with van der Waals surface area (Å²) in [6, 6.07) is 16.6. The second kappa shape index (κ2) is 9.38. The molecule has 0 aliphatic heterocycles. The van der Waals surface area contributed by atoms with Gasteiger partial charge in [-0.3, -0.25) is 5.10 Å². The van der Waals surface area contributed by atoms with Gasteiger partial charge in [0.25, 0.3) is 0 Å². The number of halogens is 3. The molecule has 0 fully saturated rings. The molecule has 3 heterocycles. The summed E-state index contributed by atoms with van der Waals surface area (Å²) in [7, 11) is 0. The van der Waals surface area contributed by atoms with Gasteiger partial charge in [0.05, 0.1) is 5.95 Å². The predicted molar refractivity (Wildman–Crippen MR) is 90.7 cm³/mol. The number of nitrogens with zero attached hydrogens (tertiary/aromatic N) is 6. The SMILES string of the molecule is Cc1ccnc(-c2[c-]cccc2)c1.FC(F)(F)c1n[n-]c(-n2cccn2)n1.[Ir]. The fourth-order valence-electron chi connectivity index (χ4n) is 2.07. The molecule has 147 valence electrons. The van der Waals surface area contributed by atoms with Crippen molar-refractivity contribution in [3.8, 4) is 17.2 Å². The maximum absolute atomic E-state index is 12.0. The van der Waals surface area contributed by atoms with Crippen molar-refractivity contribution in [3.05, 3.63) is 78.5 Å². The molecule has 0 atom stereocenters. The monoisotopic (exact) mass is 563 g/mol. The van der Waals surface area contributed by atoms with E-state index in [1.165, 1.54) is 18.0 Å². The van der Waals surface area contributed by atoms with Gasteiger partial charge in [0, 0.05) is 32.5 Å². The van der Waals surface area contributed by atoms with E-state index in [9.17, 15) is 13.2 Å². The number of pyridine rings is 1. The molecule has 4 aromatic rings. The third-order valence-corrected chi connectivity index (χ3v) is 3.30. The zero-order valence-electron chi connectivity index (χ0n) is 14.4. The number of benzene rings is 1. The number of hydrogen-bond donors (Lipinski definition) is 0. The van der Waals surface area contributed by atoms with E-state index in [2.05, 4.69) is 44.3 Å². The van der Waals surface area contributed by atoms with Crippen LogP contribution in [0, 0.1) is 13.0 Å². The number of alkyl halides is 3. The van der Waals surface area contributed by atoms with Gasteiger partial charge in [-0.1, -0.05) is 11.6 Å². The Balaban J connectivity index is 0.000000194. The van der Waals surface area contributed by atoms with Crippen molar-refractivity contribution < 1.29 is 33.3 Å². The summed E-state index contributed by atoms with van der Waals surface area (Å²) in [5.41, 5.74) is 3.26. The van der Waals surface area contributed by atoms with Crippen LogP contribution in [0.5, 0.6) is 0 Å². The first kappa shape index (κ1) is 21.5.